The highest BCUT2D eigenvalue weighted by Gasteiger charge is 2.30. The van der Waals surface area contributed by atoms with Crippen LogP contribution in [0.15, 0.2) is 28.9 Å². The molecule has 0 aromatic carbocycles. The Morgan fingerprint density at radius 3 is 2.35 bits per heavy atom. The van der Waals surface area contributed by atoms with E-state index < -0.39 is 39.3 Å². The van der Waals surface area contributed by atoms with Crippen LogP contribution in [0.1, 0.15) is 52.2 Å². The van der Waals surface area contributed by atoms with E-state index in [1.807, 2.05) is 0 Å². The monoisotopic (exact) mass is 633 g/mol. The second-order valence-electron chi connectivity index (χ2n) is 11.3. The van der Waals surface area contributed by atoms with Crippen LogP contribution < -0.4 is 10.2 Å². The Bertz CT molecular complexity index is 1470. The number of sulfone groups is 1. The number of nitrogens with one attached hydrogen (secondary N) is 1. The van der Waals surface area contributed by atoms with Crippen molar-refractivity contribution in [3.63, 3.8) is 0 Å². The van der Waals surface area contributed by atoms with Gasteiger partial charge in [0.05, 0.1) is 40.0 Å². The predicted octanol–water partition coefficient (Wildman–Crippen LogP) is 6.62. The summed E-state index contributed by atoms with van der Waals surface area (Å²) in [7, 11) is -3.49. The lowest BCUT2D eigenvalue weighted by molar-refractivity contribution is 0.0507. The van der Waals surface area contributed by atoms with Crippen LogP contribution in [0.5, 0.6) is 0 Å². The van der Waals surface area contributed by atoms with Gasteiger partial charge in [0.1, 0.15) is 37.5 Å². The third-order valence-corrected chi connectivity index (χ3v) is 8.00. The molecule has 10 nitrogen and oxygen atoms in total. The Morgan fingerprint density at radius 1 is 1.15 bits per heavy atom. The zero-order valence-electron chi connectivity index (χ0n) is 23.3. The second-order valence-corrected chi connectivity index (χ2v) is 15.3. The Kier molecular flexibility index (Phi) is 9.70. The van der Waals surface area contributed by atoms with Crippen molar-refractivity contribution in [2.45, 2.75) is 71.8 Å². The summed E-state index contributed by atoms with van der Waals surface area (Å²) in [6, 6.07) is 4.11. The molecule has 220 valence electrons. The molecular weight excluding hydrogens is 601 g/mol. The number of aromatic nitrogens is 1. The number of hydrogen-bond donors (Lipinski definition) is 1. The van der Waals surface area contributed by atoms with Crippen LogP contribution in [0.25, 0.3) is 10.2 Å². The number of halogens is 2. The van der Waals surface area contributed by atoms with E-state index in [4.69, 9.17) is 37.1 Å². The van der Waals surface area contributed by atoms with Gasteiger partial charge in [0.15, 0.2) is 0 Å². The van der Waals surface area contributed by atoms with Crippen molar-refractivity contribution in [1.29, 1.82) is 0 Å². The molecule has 0 aliphatic carbocycles. The van der Waals surface area contributed by atoms with Crippen molar-refractivity contribution in [2.24, 2.45) is 0 Å². The fourth-order valence-corrected chi connectivity index (χ4v) is 6.45. The molecule has 1 N–H and O–H groups in total. The van der Waals surface area contributed by atoms with Gasteiger partial charge in [-0.25, -0.2) is 23.0 Å². The molecule has 3 heterocycles. The fourth-order valence-electron chi connectivity index (χ4n) is 3.71. The van der Waals surface area contributed by atoms with Gasteiger partial charge in [-0.05, 0) is 53.7 Å². The van der Waals surface area contributed by atoms with E-state index in [1.54, 1.807) is 53.7 Å². The number of anilines is 1. The molecule has 0 saturated carbocycles. The molecule has 14 heteroatoms. The smallest absolute Gasteiger partial charge is 0.415 e. The van der Waals surface area contributed by atoms with Gasteiger partial charge in [-0.15, -0.1) is 11.3 Å². The SMILES string of the molecule is CC(C)(C)OC(=O)N[C@H](Cc1sc2c(N(Cc3ccco3)C(=O)OC(C)(C)C)cc(Cl)nc2c1Cl)CS(C)(=O)=O. The van der Waals surface area contributed by atoms with Gasteiger partial charge in [0.2, 0.25) is 0 Å². The summed E-state index contributed by atoms with van der Waals surface area (Å²) in [6.07, 6.45) is 1.25. The fraction of sp³-hybridized carbons (Fsp3) is 0.500. The molecule has 0 bridgehead atoms. The number of fused-ring (bicyclic) bond motifs is 1. The van der Waals surface area contributed by atoms with Crippen LogP contribution in [0, 0.1) is 0 Å². The minimum Gasteiger partial charge on any atom is -0.467 e. The van der Waals surface area contributed by atoms with Crippen molar-refractivity contribution in [3.05, 3.63) is 45.3 Å². The first-order valence-corrected chi connectivity index (χ1v) is 15.9. The zero-order valence-corrected chi connectivity index (χ0v) is 26.5. The van der Waals surface area contributed by atoms with Gasteiger partial charge in [-0.1, -0.05) is 23.2 Å². The molecule has 0 spiro atoms. The lowest BCUT2D eigenvalue weighted by atomic mass is 10.2. The van der Waals surface area contributed by atoms with E-state index in [0.717, 1.165) is 6.26 Å². The summed E-state index contributed by atoms with van der Waals surface area (Å²) >= 11 is 14.3. The number of rotatable bonds is 8. The van der Waals surface area contributed by atoms with E-state index in [0.29, 0.717) is 26.5 Å². The van der Waals surface area contributed by atoms with Gasteiger partial charge >= 0.3 is 12.2 Å². The number of ether oxygens (including phenoxy) is 2. The lowest BCUT2D eigenvalue weighted by Crippen LogP contribution is -2.43. The molecule has 0 radical (unpaired) electrons. The number of alkyl carbamates (subject to hydrolysis) is 1. The molecule has 3 aromatic heterocycles. The van der Waals surface area contributed by atoms with E-state index in [1.165, 1.54) is 28.6 Å². The molecule has 40 heavy (non-hydrogen) atoms. The Balaban J connectivity index is 2.06. The van der Waals surface area contributed by atoms with Crippen LogP contribution in [0.2, 0.25) is 10.2 Å². The summed E-state index contributed by atoms with van der Waals surface area (Å²) in [5.41, 5.74) is -0.839. The summed E-state index contributed by atoms with van der Waals surface area (Å²) in [5.74, 6) is 0.157. The first kappa shape index (κ1) is 32.0. The van der Waals surface area contributed by atoms with E-state index in [2.05, 4.69) is 10.3 Å². The van der Waals surface area contributed by atoms with Gasteiger partial charge in [0.25, 0.3) is 0 Å². The van der Waals surface area contributed by atoms with Gasteiger partial charge in [-0.2, -0.15) is 0 Å². The predicted molar refractivity (Wildman–Crippen MR) is 157 cm³/mol. The van der Waals surface area contributed by atoms with Crippen LogP contribution in [-0.2, 0) is 32.3 Å². The molecular formula is C26H33Cl2N3O7S2. The second kappa shape index (κ2) is 12.1. The van der Waals surface area contributed by atoms with Crippen molar-refractivity contribution >= 4 is 72.5 Å². The van der Waals surface area contributed by atoms with Crippen LogP contribution in [0.4, 0.5) is 15.3 Å². The third kappa shape index (κ3) is 9.25. The lowest BCUT2D eigenvalue weighted by Gasteiger charge is -2.27. The van der Waals surface area contributed by atoms with E-state index in [9.17, 15) is 18.0 Å². The number of amides is 2. The first-order valence-electron chi connectivity index (χ1n) is 12.3. The minimum atomic E-state index is -3.49. The summed E-state index contributed by atoms with van der Waals surface area (Å²) in [6.45, 7) is 10.4. The summed E-state index contributed by atoms with van der Waals surface area (Å²) < 4.78 is 41.3. The number of carbonyl (C=O) groups is 2. The van der Waals surface area contributed by atoms with Crippen LogP contribution in [-0.4, -0.2) is 54.8 Å². The zero-order chi connectivity index (χ0) is 30.0. The van der Waals surface area contributed by atoms with Crippen molar-refractivity contribution in [2.75, 3.05) is 16.9 Å². The normalized spacial score (nSPS) is 13.2. The maximum atomic E-state index is 13.3. The maximum Gasteiger partial charge on any atom is 0.415 e. The average molecular weight is 635 g/mol. The summed E-state index contributed by atoms with van der Waals surface area (Å²) in [4.78, 5) is 32.1. The van der Waals surface area contributed by atoms with Crippen LogP contribution >= 0.6 is 34.5 Å². The van der Waals surface area contributed by atoms with E-state index in [-0.39, 0.29) is 28.9 Å². The average Bonchev–Trinajstić information content (AvgIpc) is 3.36. The molecule has 3 rings (SSSR count). The topological polar surface area (TPSA) is 128 Å². The minimum absolute atomic E-state index is 0.0408. The molecule has 2 amide bonds. The third-order valence-electron chi connectivity index (χ3n) is 5.06. The highest BCUT2D eigenvalue weighted by Crippen LogP contribution is 2.42. The largest absolute Gasteiger partial charge is 0.467 e. The molecule has 0 fully saturated rings. The standard InChI is InChI=1S/C26H33Cl2N3O7S2/c1-25(2,3)37-23(32)29-15(14-40(7,34)35)11-18-20(28)21-22(39-18)17(12-19(27)30-21)31(13-16-9-8-10-36-16)24(33)38-26(4,5)6/h8-10,12,15H,11,13-14H2,1-7H3,(H,29,32)/t15-/m1/s1. The molecule has 3 aromatic rings. The Hall–Kier alpha value is -2.54. The molecule has 0 aliphatic rings. The number of pyridine rings is 1. The van der Waals surface area contributed by atoms with Gasteiger partial charge < -0.3 is 19.2 Å². The quantitative estimate of drug-likeness (QED) is 0.274. The van der Waals surface area contributed by atoms with Gasteiger partial charge in [0, 0.05) is 23.6 Å². The highest BCUT2D eigenvalue weighted by molar-refractivity contribution is 7.90. The Labute approximate surface area is 247 Å². The number of furan rings is 1. The Morgan fingerprint density at radius 2 is 1.80 bits per heavy atom. The molecule has 1 atom stereocenters. The number of nitrogens with zero attached hydrogens (tertiary/aromatic N) is 2. The van der Waals surface area contributed by atoms with E-state index >= 15 is 0 Å². The first-order chi connectivity index (χ1) is 18.3. The maximum absolute atomic E-state index is 13.3. The van der Waals surface area contributed by atoms with Crippen molar-refractivity contribution < 1.29 is 31.9 Å². The van der Waals surface area contributed by atoms with Crippen LogP contribution in [0.3, 0.4) is 0 Å². The molecule has 0 aliphatic heterocycles. The van der Waals surface area contributed by atoms with Gasteiger partial charge in [-0.3, -0.25) is 4.90 Å². The van der Waals surface area contributed by atoms with Crippen molar-refractivity contribution in [3.8, 4) is 0 Å². The molecule has 0 saturated heterocycles. The van der Waals surface area contributed by atoms with Crippen molar-refractivity contribution in [1.82, 2.24) is 10.3 Å². The highest BCUT2D eigenvalue weighted by atomic mass is 35.5. The number of carbonyl (C=O) groups excluding carboxylic acids is 2. The number of hydrogen-bond acceptors (Lipinski definition) is 9. The summed E-state index contributed by atoms with van der Waals surface area (Å²) in [5, 5.41) is 2.95. The molecule has 0 unspecified atom stereocenters. The number of thiophene rings is 1.